The van der Waals surface area contributed by atoms with Gasteiger partial charge < -0.3 is 9.84 Å². The van der Waals surface area contributed by atoms with E-state index in [1.807, 2.05) is 18.2 Å². The molecule has 0 saturated carbocycles. The number of carboxylic acid groups (broad SMARTS) is 1. The normalized spacial score (nSPS) is 10.2. The minimum Gasteiger partial charge on any atom is -0.496 e. The molecule has 4 heteroatoms. The predicted octanol–water partition coefficient (Wildman–Crippen LogP) is 3.64. The van der Waals surface area contributed by atoms with Crippen LogP contribution in [0.3, 0.4) is 0 Å². The summed E-state index contributed by atoms with van der Waals surface area (Å²) in [6.07, 6.45) is -0.0465. The molecule has 0 fully saturated rings. The first-order valence-electron chi connectivity index (χ1n) is 5.75. The highest BCUT2D eigenvalue weighted by Gasteiger charge is 2.13. The molecule has 0 aliphatic carbocycles. The van der Waals surface area contributed by atoms with Crippen molar-refractivity contribution in [2.75, 3.05) is 7.11 Å². The molecule has 0 bridgehead atoms. The topological polar surface area (TPSA) is 46.5 Å². The Bertz CT molecular complexity index is 591. The van der Waals surface area contributed by atoms with Crippen molar-refractivity contribution in [2.45, 2.75) is 6.42 Å². The Labute approximate surface area is 116 Å². The van der Waals surface area contributed by atoms with Crippen LogP contribution in [0.25, 0.3) is 11.1 Å². The summed E-state index contributed by atoms with van der Waals surface area (Å²) >= 11 is 5.87. The lowest BCUT2D eigenvalue weighted by molar-refractivity contribution is -0.136. The molecular weight excluding hydrogens is 264 g/mol. The van der Waals surface area contributed by atoms with Crippen LogP contribution in [0.4, 0.5) is 0 Å². The Morgan fingerprint density at radius 2 is 1.89 bits per heavy atom. The zero-order chi connectivity index (χ0) is 13.8. The van der Waals surface area contributed by atoms with Crippen LogP contribution in [0.2, 0.25) is 5.02 Å². The number of hydrogen-bond donors (Lipinski definition) is 1. The second-order valence-electron chi connectivity index (χ2n) is 4.07. The van der Waals surface area contributed by atoms with Crippen molar-refractivity contribution >= 4 is 17.6 Å². The molecule has 0 aromatic heterocycles. The predicted molar refractivity (Wildman–Crippen MR) is 74.8 cm³/mol. The first kappa shape index (κ1) is 13.4. The molecule has 3 nitrogen and oxygen atoms in total. The maximum atomic E-state index is 10.9. The van der Waals surface area contributed by atoms with Crippen LogP contribution in [-0.4, -0.2) is 18.2 Å². The van der Waals surface area contributed by atoms with Gasteiger partial charge in [0, 0.05) is 10.6 Å². The number of benzene rings is 2. The number of aliphatic carboxylic acids is 1. The number of methoxy groups -OCH3 is 1. The van der Waals surface area contributed by atoms with Crippen LogP contribution < -0.4 is 4.74 Å². The van der Waals surface area contributed by atoms with E-state index >= 15 is 0 Å². The molecule has 2 aromatic carbocycles. The maximum Gasteiger partial charge on any atom is 0.307 e. The average molecular weight is 277 g/mol. The first-order chi connectivity index (χ1) is 9.11. The quantitative estimate of drug-likeness (QED) is 0.927. The molecule has 0 atom stereocenters. The van der Waals surface area contributed by atoms with Crippen molar-refractivity contribution in [3.05, 3.63) is 53.1 Å². The van der Waals surface area contributed by atoms with Crippen LogP contribution in [0.5, 0.6) is 5.75 Å². The number of carbonyl (C=O) groups is 1. The van der Waals surface area contributed by atoms with Crippen LogP contribution in [-0.2, 0) is 11.2 Å². The van der Waals surface area contributed by atoms with Gasteiger partial charge in [-0.2, -0.15) is 0 Å². The summed E-state index contributed by atoms with van der Waals surface area (Å²) in [7, 11) is 1.57. The summed E-state index contributed by atoms with van der Waals surface area (Å²) in [6, 6.07) is 12.6. The molecule has 0 saturated heterocycles. The minimum absolute atomic E-state index is 0.0465. The summed E-state index contributed by atoms with van der Waals surface area (Å²) in [5.41, 5.74) is 2.40. The standard InChI is InChI=1S/C15H13ClO3/c1-19-13-4-2-3-11(9-14(17)18)15(13)10-5-7-12(16)8-6-10/h2-8H,9H2,1H3,(H,17,18). The second kappa shape index (κ2) is 5.76. The molecule has 19 heavy (non-hydrogen) atoms. The SMILES string of the molecule is COc1cccc(CC(=O)O)c1-c1ccc(Cl)cc1. The van der Waals surface area contributed by atoms with Gasteiger partial charge in [-0.05, 0) is 29.3 Å². The fourth-order valence-electron chi connectivity index (χ4n) is 2.00. The Morgan fingerprint density at radius 3 is 2.47 bits per heavy atom. The summed E-state index contributed by atoms with van der Waals surface area (Å²) in [5, 5.41) is 9.62. The highest BCUT2D eigenvalue weighted by molar-refractivity contribution is 6.30. The van der Waals surface area contributed by atoms with Gasteiger partial charge in [0.05, 0.1) is 13.5 Å². The fourth-order valence-corrected chi connectivity index (χ4v) is 2.13. The smallest absolute Gasteiger partial charge is 0.307 e. The van der Waals surface area contributed by atoms with Crippen molar-refractivity contribution < 1.29 is 14.6 Å². The van der Waals surface area contributed by atoms with E-state index in [1.165, 1.54) is 0 Å². The summed E-state index contributed by atoms with van der Waals surface area (Å²) in [5.74, 6) is -0.218. The molecular formula is C15H13ClO3. The lowest BCUT2D eigenvalue weighted by Gasteiger charge is -2.13. The number of halogens is 1. The Morgan fingerprint density at radius 1 is 1.21 bits per heavy atom. The second-order valence-corrected chi connectivity index (χ2v) is 4.51. The van der Waals surface area contributed by atoms with Gasteiger partial charge in [0.2, 0.25) is 0 Å². The van der Waals surface area contributed by atoms with Crippen molar-refractivity contribution in [2.24, 2.45) is 0 Å². The van der Waals surface area contributed by atoms with E-state index in [9.17, 15) is 4.79 Å². The molecule has 98 valence electrons. The molecule has 0 spiro atoms. The van der Waals surface area contributed by atoms with Gasteiger partial charge in [-0.15, -0.1) is 0 Å². The maximum absolute atomic E-state index is 10.9. The zero-order valence-corrected chi connectivity index (χ0v) is 11.1. The van der Waals surface area contributed by atoms with Crippen LogP contribution in [0, 0.1) is 0 Å². The van der Waals surface area contributed by atoms with Gasteiger partial charge in [0.15, 0.2) is 0 Å². The summed E-state index contributed by atoms with van der Waals surface area (Å²) in [6.45, 7) is 0. The third-order valence-electron chi connectivity index (χ3n) is 2.81. The van der Waals surface area contributed by atoms with E-state index in [2.05, 4.69) is 0 Å². The molecule has 0 heterocycles. The lowest BCUT2D eigenvalue weighted by Crippen LogP contribution is -2.03. The van der Waals surface area contributed by atoms with Gasteiger partial charge in [-0.25, -0.2) is 0 Å². The van der Waals surface area contributed by atoms with Gasteiger partial charge >= 0.3 is 5.97 Å². The van der Waals surface area contributed by atoms with E-state index in [0.717, 1.165) is 11.1 Å². The van der Waals surface area contributed by atoms with Crippen molar-refractivity contribution in [3.63, 3.8) is 0 Å². The highest BCUT2D eigenvalue weighted by atomic mass is 35.5. The van der Waals surface area contributed by atoms with Crippen LogP contribution >= 0.6 is 11.6 Å². The van der Waals surface area contributed by atoms with E-state index in [4.69, 9.17) is 21.4 Å². The fraction of sp³-hybridized carbons (Fsp3) is 0.133. The monoisotopic (exact) mass is 276 g/mol. The molecule has 1 N–H and O–H groups in total. The van der Waals surface area contributed by atoms with Crippen molar-refractivity contribution in [1.82, 2.24) is 0 Å². The first-order valence-corrected chi connectivity index (χ1v) is 6.13. The molecule has 2 aromatic rings. The summed E-state index contributed by atoms with van der Waals surface area (Å²) in [4.78, 5) is 10.9. The van der Waals surface area contributed by atoms with E-state index in [0.29, 0.717) is 16.3 Å². The van der Waals surface area contributed by atoms with Gasteiger partial charge in [-0.1, -0.05) is 35.9 Å². The third kappa shape index (κ3) is 3.06. The molecule has 0 amide bonds. The third-order valence-corrected chi connectivity index (χ3v) is 3.06. The zero-order valence-electron chi connectivity index (χ0n) is 10.4. The number of carboxylic acids is 1. The van der Waals surface area contributed by atoms with E-state index in [1.54, 1.807) is 31.4 Å². The van der Waals surface area contributed by atoms with Gasteiger partial charge in [0.1, 0.15) is 5.75 Å². The largest absolute Gasteiger partial charge is 0.496 e. The Kier molecular flexibility index (Phi) is 4.07. The Hall–Kier alpha value is -2.00. The van der Waals surface area contributed by atoms with Gasteiger partial charge in [0.25, 0.3) is 0 Å². The number of rotatable bonds is 4. The van der Waals surface area contributed by atoms with Crippen LogP contribution in [0.1, 0.15) is 5.56 Å². The van der Waals surface area contributed by atoms with Crippen molar-refractivity contribution in [3.8, 4) is 16.9 Å². The minimum atomic E-state index is -0.872. The molecule has 0 aliphatic heterocycles. The Balaban J connectivity index is 2.57. The highest BCUT2D eigenvalue weighted by Crippen LogP contribution is 2.34. The molecule has 0 radical (unpaired) electrons. The molecule has 0 aliphatic rings. The van der Waals surface area contributed by atoms with E-state index < -0.39 is 5.97 Å². The lowest BCUT2D eigenvalue weighted by atomic mass is 9.96. The average Bonchev–Trinajstić information content (AvgIpc) is 2.39. The van der Waals surface area contributed by atoms with Crippen LogP contribution in [0.15, 0.2) is 42.5 Å². The molecule has 2 rings (SSSR count). The van der Waals surface area contributed by atoms with Crippen molar-refractivity contribution in [1.29, 1.82) is 0 Å². The van der Waals surface area contributed by atoms with Gasteiger partial charge in [-0.3, -0.25) is 4.79 Å². The number of hydrogen-bond acceptors (Lipinski definition) is 2. The van der Waals surface area contributed by atoms with E-state index in [-0.39, 0.29) is 6.42 Å². The molecule has 0 unspecified atom stereocenters. The number of ether oxygens (including phenoxy) is 1. The summed E-state index contributed by atoms with van der Waals surface area (Å²) < 4.78 is 5.33.